The maximum atomic E-state index is 12.5. The molecule has 2 N–H and O–H groups in total. The van der Waals surface area contributed by atoms with Gasteiger partial charge in [-0.15, -0.1) is 0 Å². The van der Waals surface area contributed by atoms with Gasteiger partial charge in [-0.25, -0.2) is 13.2 Å². The second-order valence-electron chi connectivity index (χ2n) is 5.76. The maximum Gasteiger partial charge on any atom is 0.326 e. The molecule has 1 aromatic rings. The van der Waals surface area contributed by atoms with E-state index in [-0.39, 0.29) is 16.9 Å². The number of piperidine rings is 1. The summed E-state index contributed by atoms with van der Waals surface area (Å²) >= 11 is 0. The van der Waals surface area contributed by atoms with Crippen LogP contribution < -0.4 is 5.32 Å². The van der Waals surface area contributed by atoms with Crippen molar-refractivity contribution in [2.75, 3.05) is 13.1 Å². The molecule has 0 aromatic heterocycles. The number of benzene rings is 1. The van der Waals surface area contributed by atoms with Gasteiger partial charge in [0.1, 0.15) is 6.04 Å². The van der Waals surface area contributed by atoms with Crippen LogP contribution in [-0.2, 0) is 14.8 Å². The standard InChI is InChI=1S/C16H22N2O5S/c1-2-14(16(20)21)17-15(19)12-6-8-13(9-7-12)24(22,23)18-10-4-3-5-11-18/h6-9,14H,2-5,10-11H2,1H3,(H,17,19)(H,20,21). The number of hydrogen-bond donors (Lipinski definition) is 2. The van der Waals surface area contributed by atoms with E-state index in [4.69, 9.17) is 5.11 Å². The lowest BCUT2D eigenvalue weighted by molar-refractivity contribution is -0.139. The normalized spacial score (nSPS) is 17.2. The van der Waals surface area contributed by atoms with E-state index in [0.717, 1.165) is 19.3 Å². The molecule has 2 rings (SSSR count). The Morgan fingerprint density at radius 3 is 2.25 bits per heavy atom. The minimum Gasteiger partial charge on any atom is -0.480 e. The Labute approximate surface area is 141 Å². The summed E-state index contributed by atoms with van der Waals surface area (Å²) in [6, 6.07) is 4.62. The highest BCUT2D eigenvalue weighted by Crippen LogP contribution is 2.20. The zero-order chi connectivity index (χ0) is 17.7. The van der Waals surface area contributed by atoms with Gasteiger partial charge in [0.05, 0.1) is 4.90 Å². The molecule has 1 aliphatic rings. The summed E-state index contributed by atoms with van der Waals surface area (Å²) in [5.74, 6) is -1.64. The summed E-state index contributed by atoms with van der Waals surface area (Å²) < 4.78 is 26.5. The SMILES string of the molecule is CCC(NC(=O)c1ccc(S(=O)(=O)N2CCCCC2)cc1)C(=O)O. The summed E-state index contributed by atoms with van der Waals surface area (Å²) in [5, 5.41) is 11.4. The van der Waals surface area contributed by atoms with Gasteiger partial charge in [-0.2, -0.15) is 4.31 Å². The fraction of sp³-hybridized carbons (Fsp3) is 0.500. The van der Waals surface area contributed by atoms with Crippen molar-refractivity contribution in [1.82, 2.24) is 9.62 Å². The molecule has 1 amide bonds. The number of sulfonamides is 1. The van der Waals surface area contributed by atoms with Crippen LogP contribution in [0, 0.1) is 0 Å². The third-order valence-electron chi connectivity index (χ3n) is 4.08. The van der Waals surface area contributed by atoms with Crippen LogP contribution in [0.25, 0.3) is 0 Å². The number of rotatable bonds is 6. The first kappa shape index (κ1) is 18.4. The average Bonchev–Trinajstić information content (AvgIpc) is 2.60. The van der Waals surface area contributed by atoms with Crippen LogP contribution in [0.4, 0.5) is 0 Å². The molecule has 1 heterocycles. The van der Waals surface area contributed by atoms with E-state index in [9.17, 15) is 18.0 Å². The second kappa shape index (κ2) is 7.76. The van der Waals surface area contributed by atoms with Gasteiger partial charge < -0.3 is 10.4 Å². The minimum absolute atomic E-state index is 0.145. The lowest BCUT2D eigenvalue weighted by atomic mass is 10.1. The predicted molar refractivity (Wildman–Crippen MR) is 88.2 cm³/mol. The van der Waals surface area contributed by atoms with Crippen molar-refractivity contribution in [2.45, 2.75) is 43.5 Å². The van der Waals surface area contributed by atoms with E-state index in [0.29, 0.717) is 13.1 Å². The van der Waals surface area contributed by atoms with Crippen LogP contribution in [0.1, 0.15) is 43.0 Å². The van der Waals surface area contributed by atoms with E-state index < -0.39 is 27.9 Å². The molecular formula is C16H22N2O5S. The van der Waals surface area contributed by atoms with Crippen molar-refractivity contribution in [3.63, 3.8) is 0 Å². The Balaban J connectivity index is 2.12. The highest BCUT2D eigenvalue weighted by molar-refractivity contribution is 7.89. The van der Waals surface area contributed by atoms with Gasteiger partial charge in [-0.1, -0.05) is 13.3 Å². The molecular weight excluding hydrogens is 332 g/mol. The zero-order valence-electron chi connectivity index (χ0n) is 13.6. The topological polar surface area (TPSA) is 104 Å². The molecule has 24 heavy (non-hydrogen) atoms. The number of aliphatic carboxylic acids is 1. The van der Waals surface area contributed by atoms with Gasteiger partial charge in [0, 0.05) is 18.7 Å². The first-order valence-electron chi connectivity index (χ1n) is 8.00. The number of carbonyl (C=O) groups is 2. The maximum absolute atomic E-state index is 12.5. The Bertz CT molecular complexity index is 694. The highest BCUT2D eigenvalue weighted by Gasteiger charge is 2.26. The van der Waals surface area contributed by atoms with Crippen molar-refractivity contribution < 1.29 is 23.1 Å². The molecule has 1 aliphatic heterocycles. The highest BCUT2D eigenvalue weighted by atomic mass is 32.2. The van der Waals surface area contributed by atoms with Crippen LogP contribution >= 0.6 is 0 Å². The van der Waals surface area contributed by atoms with Crippen molar-refractivity contribution in [1.29, 1.82) is 0 Å². The monoisotopic (exact) mass is 354 g/mol. The number of carbonyl (C=O) groups excluding carboxylic acids is 1. The van der Waals surface area contributed by atoms with Crippen LogP contribution in [0.15, 0.2) is 29.2 Å². The van der Waals surface area contributed by atoms with Gasteiger partial charge in [0.2, 0.25) is 10.0 Å². The van der Waals surface area contributed by atoms with Gasteiger partial charge in [-0.3, -0.25) is 4.79 Å². The largest absolute Gasteiger partial charge is 0.480 e. The number of nitrogens with zero attached hydrogens (tertiary/aromatic N) is 1. The Morgan fingerprint density at radius 1 is 1.17 bits per heavy atom. The zero-order valence-corrected chi connectivity index (χ0v) is 14.4. The van der Waals surface area contributed by atoms with E-state index in [1.165, 1.54) is 28.6 Å². The quantitative estimate of drug-likeness (QED) is 0.805. The fourth-order valence-corrected chi connectivity index (χ4v) is 4.13. The molecule has 1 unspecified atom stereocenters. The van der Waals surface area contributed by atoms with Crippen molar-refractivity contribution in [3.05, 3.63) is 29.8 Å². The predicted octanol–water partition coefficient (Wildman–Crippen LogP) is 1.45. The van der Waals surface area contributed by atoms with Gasteiger partial charge >= 0.3 is 5.97 Å². The van der Waals surface area contributed by atoms with E-state index in [1.807, 2.05) is 0 Å². The van der Waals surface area contributed by atoms with Crippen molar-refractivity contribution in [2.24, 2.45) is 0 Å². The summed E-state index contributed by atoms with van der Waals surface area (Å²) in [5.41, 5.74) is 0.229. The Kier molecular flexibility index (Phi) is 5.95. The first-order chi connectivity index (χ1) is 11.4. The third kappa shape index (κ3) is 4.12. The first-order valence-corrected chi connectivity index (χ1v) is 9.44. The molecule has 0 saturated carbocycles. The number of carboxylic acids is 1. The average molecular weight is 354 g/mol. The Hall–Kier alpha value is -1.93. The Morgan fingerprint density at radius 2 is 1.75 bits per heavy atom. The van der Waals surface area contributed by atoms with Crippen molar-refractivity contribution >= 4 is 21.9 Å². The van der Waals surface area contributed by atoms with Crippen molar-refractivity contribution in [3.8, 4) is 0 Å². The van der Waals surface area contributed by atoms with Crippen LogP contribution in [0.5, 0.6) is 0 Å². The summed E-state index contributed by atoms with van der Waals surface area (Å²) in [6.45, 7) is 2.69. The lowest BCUT2D eigenvalue weighted by Crippen LogP contribution is -2.40. The van der Waals surface area contributed by atoms with Crippen LogP contribution in [0.3, 0.4) is 0 Å². The number of hydrogen-bond acceptors (Lipinski definition) is 4. The summed E-state index contributed by atoms with van der Waals surface area (Å²) in [7, 11) is -3.54. The molecule has 0 aliphatic carbocycles. The van der Waals surface area contributed by atoms with Gasteiger partial charge in [0.15, 0.2) is 0 Å². The molecule has 8 heteroatoms. The van der Waals surface area contributed by atoms with E-state index in [1.54, 1.807) is 6.92 Å². The lowest BCUT2D eigenvalue weighted by Gasteiger charge is -2.25. The van der Waals surface area contributed by atoms with Crippen LogP contribution in [-0.4, -0.2) is 48.8 Å². The molecule has 1 aromatic carbocycles. The number of nitrogens with one attached hydrogen (secondary N) is 1. The molecule has 0 radical (unpaired) electrons. The molecule has 132 valence electrons. The van der Waals surface area contributed by atoms with Crippen LogP contribution in [0.2, 0.25) is 0 Å². The molecule has 1 fully saturated rings. The van der Waals surface area contributed by atoms with E-state index >= 15 is 0 Å². The molecule has 1 atom stereocenters. The summed E-state index contributed by atoms with van der Waals surface area (Å²) in [6.07, 6.45) is 3.01. The molecule has 0 spiro atoms. The molecule has 7 nitrogen and oxygen atoms in total. The number of carboxylic acid groups (broad SMARTS) is 1. The summed E-state index contributed by atoms with van der Waals surface area (Å²) in [4.78, 5) is 23.1. The van der Waals surface area contributed by atoms with E-state index in [2.05, 4.69) is 5.32 Å². The van der Waals surface area contributed by atoms with Gasteiger partial charge in [-0.05, 0) is 43.5 Å². The van der Waals surface area contributed by atoms with Gasteiger partial charge in [0.25, 0.3) is 5.91 Å². The minimum atomic E-state index is -3.54. The second-order valence-corrected chi connectivity index (χ2v) is 7.70. The smallest absolute Gasteiger partial charge is 0.326 e. The molecule has 0 bridgehead atoms. The fourth-order valence-electron chi connectivity index (χ4n) is 2.61. The molecule has 1 saturated heterocycles. The number of amides is 1. The third-order valence-corrected chi connectivity index (χ3v) is 5.99.